The van der Waals surface area contributed by atoms with Crippen molar-refractivity contribution in [2.75, 3.05) is 17.6 Å². The SMILES string of the molecule is CC[C@@H](NC(=O)c1ccc(N(C)S(C)(=O)=O)cc1)c1ccccc1. The third-order valence-corrected chi connectivity index (χ3v) is 5.11. The Kier molecular flexibility index (Phi) is 5.62. The lowest BCUT2D eigenvalue weighted by Gasteiger charge is -2.19. The lowest BCUT2D eigenvalue weighted by molar-refractivity contribution is 0.0935. The van der Waals surface area contributed by atoms with Crippen LogP contribution < -0.4 is 9.62 Å². The summed E-state index contributed by atoms with van der Waals surface area (Å²) >= 11 is 0. The maximum Gasteiger partial charge on any atom is 0.251 e. The standard InChI is InChI=1S/C18H22N2O3S/c1-4-17(14-8-6-5-7-9-14)19-18(21)15-10-12-16(13-11-15)20(2)24(3,22)23/h5-13,17H,4H2,1-3H3,(H,19,21)/t17-/m1/s1. The van der Waals surface area contributed by atoms with E-state index in [-0.39, 0.29) is 11.9 Å². The number of anilines is 1. The topological polar surface area (TPSA) is 66.5 Å². The molecule has 0 bridgehead atoms. The van der Waals surface area contributed by atoms with Gasteiger partial charge in [-0.2, -0.15) is 0 Å². The molecule has 0 radical (unpaired) electrons. The maximum atomic E-state index is 12.4. The van der Waals surface area contributed by atoms with Crippen molar-refractivity contribution in [1.82, 2.24) is 5.32 Å². The van der Waals surface area contributed by atoms with Crippen molar-refractivity contribution in [3.8, 4) is 0 Å². The minimum atomic E-state index is -3.32. The predicted molar refractivity (Wildman–Crippen MR) is 96.6 cm³/mol. The molecule has 0 aliphatic carbocycles. The first-order valence-electron chi connectivity index (χ1n) is 7.72. The zero-order valence-electron chi connectivity index (χ0n) is 14.1. The van der Waals surface area contributed by atoms with Crippen molar-refractivity contribution in [3.05, 3.63) is 65.7 Å². The maximum absolute atomic E-state index is 12.4. The number of benzene rings is 2. The average molecular weight is 346 g/mol. The number of carbonyl (C=O) groups excluding carboxylic acids is 1. The van der Waals surface area contributed by atoms with Crippen molar-refractivity contribution in [3.63, 3.8) is 0 Å². The molecule has 0 unspecified atom stereocenters. The van der Waals surface area contributed by atoms with Gasteiger partial charge in [0.2, 0.25) is 10.0 Å². The van der Waals surface area contributed by atoms with Crippen molar-refractivity contribution < 1.29 is 13.2 Å². The molecule has 0 heterocycles. The molecule has 0 fully saturated rings. The Labute approximate surface area is 143 Å². The highest BCUT2D eigenvalue weighted by atomic mass is 32.2. The van der Waals surface area contributed by atoms with Gasteiger partial charge >= 0.3 is 0 Å². The fourth-order valence-electron chi connectivity index (χ4n) is 2.36. The van der Waals surface area contributed by atoms with Gasteiger partial charge in [0.05, 0.1) is 18.0 Å². The van der Waals surface area contributed by atoms with Gasteiger partial charge in [-0.3, -0.25) is 9.10 Å². The number of amides is 1. The van der Waals surface area contributed by atoms with Crippen LogP contribution in [0.15, 0.2) is 54.6 Å². The summed E-state index contributed by atoms with van der Waals surface area (Å²) < 4.78 is 24.3. The van der Waals surface area contributed by atoms with Crippen LogP contribution in [0.3, 0.4) is 0 Å². The molecule has 0 aliphatic heterocycles. The lowest BCUT2D eigenvalue weighted by Crippen LogP contribution is -2.28. The van der Waals surface area contributed by atoms with E-state index in [1.165, 1.54) is 11.4 Å². The van der Waals surface area contributed by atoms with E-state index >= 15 is 0 Å². The van der Waals surface area contributed by atoms with Gasteiger partial charge in [-0.1, -0.05) is 37.3 Å². The molecular weight excluding hydrogens is 324 g/mol. The van der Waals surface area contributed by atoms with Gasteiger partial charge in [-0.05, 0) is 36.2 Å². The first-order chi connectivity index (χ1) is 11.3. The molecule has 2 aromatic rings. The largest absolute Gasteiger partial charge is 0.345 e. The van der Waals surface area contributed by atoms with Crippen LogP contribution in [0.2, 0.25) is 0 Å². The van der Waals surface area contributed by atoms with Crippen LogP contribution in [0.1, 0.15) is 35.3 Å². The van der Waals surface area contributed by atoms with Crippen molar-refractivity contribution in [2.24, 2.45) is 0 Å². The van der Waals surface area contributed by atoms with Gasteiger partial charge in [0.15, 0.2) is 0 Å². The molecule has 2 rings (SSSR count). The second-order valence-corrected chi connectivity index (χ2v) is 7.64. The molecule has 1 amide bonds. The Hall–Kier alpha value is -2.34. The van der Waals surface area contributed by atoms with Gasteiger partial charge < -0.3 is 5.32 Å². The normalized spacial score (nSPS) is 12.5. The van der Waals surface area contributed by atoms with Crippen LogP contribution in [0, 0.1) is 0 Å². The van der Waals surface area contributed by atoms with E-state index in [2.05, 4.69) is 5.32 Å². The number of hydrogen-bond donors (Lipinski definition) is 1. The van der Waals surface area contributed by atoms with Crippen molar-refractivity contribution >= 4 is 21.6 Å². The zero-order chi connectivity index (χ0) is 17.7. The van der Waals surface area contributed by atoms with Crippen LogP contribution in [-0.2, 0) is 10.0 Å². The molecule has 1 atom stereocenters. The number of rotatable bonds is 6. The summed E-state index contributed by atoms with van der Waals surface area (Å²) in [7, 11) is -1.84. The smallest absolute Gasteiger partial charge is 0.251 e. The van der Waals surface area contributed by atoms with Gasteiger partial charge in [0.1, 0.15) is 0 Å². The summed E-state index contributed by atoms with van der Waals surface area (Å²) in [6.45, 7) is 2.02. The van der Waals surface area contributed by atoms with Crippen LogP contribution in [0.25, 0.3) is 0 Å². The third kappa shape index (κ3) is 4.35. The monoisotopic (exact) mass is 346 g/mol. The number of carbonyl (C=O) groups is 1. The molecule has 5 nitrogen and oxygen atoms in total. The van der Waals surface area contributed by atoms with Gasteiger partial charge in [-0.25, -0.2) is 8.42 Å². The third-order valence-electron chi connectivity index (χ3n) is 3.91. The molecule has 128 valence electrons. The number of nitrogens with zero attached hydrogens (tertiary/aromatic N) is 1. The summed E-state index contributed by atoms with van der Waals surface area (Å²) in [5, 5.41) is 3.01. The lowest BCUT2D eigenvalue weighted by atomic mass is 10.0. The molecule has 0 aromatic heterocycles. The minimum absolute atomic E-state index is 0.0583. The quantitative estimate of drug-likeness (QED) is 0.874. The Bertz CT molecular complexity index is 787. The molecule has 1 N–H and O–H groups in total. The molecule has 24 heavy (non-hydrogen) atoms. The van der Waals surface area contributed by atoms with Crippen molar-refractivity contribution in [2.45, 2.75) is 19.4 Å². The molecular formula is C18H22N2O3S. The van der Waals surface area contributed by atoms with Gasteiger partial charge in [0.25, 0.3) is 5.91 Å². The van der Waals surface area contributed by atoms with Crippen molar-refractivity contribution in [1.29, 1.82) is 0 Å². The minimum Gasteiger partial charge on any atom is -0.345 e. The van der Waals surface area contributed by atoms with Gasteiger partial charge in [-0.15, -0.1) is 0 Å². The highest BCUT2D eigenvalue weighted by Crippen LogP contribution is 2.19. The number of hydrogen-bond acceptors (Lipinski definition) is 3. The van der Waals surface area contributed by atoms with E-state index in [1.54, 1.807) is 24.3 Å². The van der Waals surface area contributed by atoms with Gasteiger partial charge in [0, 0.05) is 12.6 Å². The summed E-state index contributed by atoms with van der Waals surface area (Å²) in [4.78, 5) is 12.4. The second kappa shape index (κ2) is 7.49. The van der Waals surface area contributed by atoms with Crippen LogP contribution >= 0.6 is 0 Å². The fourth-order valence-corrected chi connectivity index (χ4v) is 2.87. The molecule has 0 spiro atoms. The average Bonchev–Trinajstić information content (AvgIpc) is 2.59. The zero-order valence-corrected chi connectivity index (χ0v) is 14.9. The fraction of sp³-hybridized carbons (Fsp3) is 0.278. The van der Waals surface area contributed by atoms with E-state index in [0.29, 0.717) is 11.3 Å². The summed E-state index contributed by atoms with van der Waals surface area (Å²) in [6, 6.07) is 16.2. The van der Waals surface area contributed by atoms with Crippen LogP contribution in [-0.4, -0.2) is 27.6 Å². The Morgan fingerprint density at radius 3 is 2.17 bits per heavy atom. The molecule has 2 aromatic carbocycles. The first kappa shape index (κ1) is 18.0. The van der Waals surface area contributed by atoms with Crippen LogP contribution in [0.4, 0.5) is 5.69 Å². The predicted octanol–water partition coefficient (Wildman–Crippen LogP) is 2.96. The summed E-state index contributed by atoms with van der Waals surface area (Å²) in [5.74, 6) is -0.181. The Morgan fingerprint density at radius 1 is 1.08 bits per heavy atom. The summed E-state index contributed by atoms with van der Waals surface area (Å²) in [5.41, 5.74) is 2.07. The molecule has 0 aliphatic rings. The summed E-state index contributed by atoms with van der Waals surface area (Å²) in [6.07, 6.45) is 1.92. The second-order valence-electron chi connectivity index (χ2n) is 5.62. The Balaban J connectivity index is 2.13. The van der Waals surface area contributed by atoms with E-state index in [4.69, 9.17) is 0 Å². The molecule has 0 saturated carbocycles. The van der Waals surface area contributed by atoms with E-state index in [9.17, 15) is 13.2 Å². The number of sulfonamides is 1. The molecule has 0 saturated heterocycles. The highest BCUT2D eigenvalue weighted by molar-refractivity contribution is 7.92. The van der Waals surface area contributed by atoms with E-state index < -0.39 is 10.0 Å². The number of nitrogens with one attached hydrogen (secondary N) is 1. The van der Waals surface area contributed by atoms with E-state index in [0.717, 1.165) is 18.2 Å². The molecule has 6 heteroatoms. The highest BCUT2D eigenvalue weighted by Gasteiger charge is 2.15. The van der Waals surface area contributed by atoms with Crippen LogP contribution in [0.5, 0.6) is 0 Å². The first-order valence-corrected chi connectivity index (χ1v) is 9.57. The van der Waals surface area contributed by atoms with E-state index in [1.807, 2.05) is 37.3 Å². The Morgan fingerprint density at radius 2 is 1.67 bits per heavy atom.